The molecule has 26 heavy (non-hydrogen) atoms. The molecule has 2 aromatic carbocycles. The van der Waals surface area contributed by atoms with E-state index < -0.39 is 37.4 Å². The Hall–Kier alpha value is -1.83. The quantitative estimate of drug-likeness (QED) is 0.790. The summed E-state index contributed by atoms with van der Waals surface area (Å²) in [4.78, 5) is 0. The molecule has 1 saturated heterocycles. The van der Waals surface area contributed by atoms with E-state index in [-0.39, 0.29) is 13.2 Å². The number of hydrogen-bond acceptors (Lipinski definition) is 5. The molecular weight excluding hydrogens is 339 g/mol. The molecule has 0 aliphatic carbocycles. The molecule has 0 unspecified atom stereocenters. The molecule has 1 aliphatic rings. The fraction of sp³-hybridized carbons (Fsp3) is 0.400. The van der Waals surface area contributed by atoms with Crippen molar-refractivity contribution in [2.45, 2.75) is 44.0 Å². The van der Waals surface area contributed by atoms with E-state index in [1.165, 1.54) is 0 Å². The van der Waals surface area contributed by atoms with Crippen LogP contribution in [0.4, 0.5) is 4.39 Å². The highest BCUT2D eigenvalue weighted by Crippen LogP contribution is 2.28. The molecule has 140 valence electrons. The van der Waals surface area contributed by atoms with E-state index in [4.69, 9.17) is 14.2 Å². The van der Waals surface area contributed by atoms with Gasteiger partial charge in [0.25, 0.3) is 0 Å². The zero-order valence-electron chi connectivity index (χ0n) is 14.3. The lowest BCUT2D eigenvalue weighted by Gasteiger charge is -2.41. The lowest BCUT2D eigenvalue weighted by atomic mass is 10.00. The van der Waals surface area contributed by atoms with Crippen molar-refractivity contribution in [2.75, 3.05) is 6.61 Å². The lowest BCUT2D eigenvalue weighted by molar-refractivity contribution is -0.296. The van der Waals surface area contributed by atoms with Gasteiger partial charge in [0.15, 0.2) is 12.5 Å². The van der Waals surface area contributed by atoms with Crippen LogP contribution in [0.15, 0.2) is 60.7 Å². The van der Waals surface area contributed by atoms with E-state index in [1.807, 2.05) is 60.7 Å². The Bertz CT molecular complexity index is 654. The van der Waals surface area contributed by atoms with E-state index in [9.17, 15) is 14.6 Å². The largest absolute Gasteiger partial charge is 0.394 e. The molecule has 2 aromatic rings. The van der Waals surface area contributed by atoms with Gasteiger partial charge in [0.2, 0.25) is 0 Å². The minimum atomic E-state index is -1.62. The number of hydrogen-bond donors (Lipinski definition) is 2. The summed E-state index contributed by atoms with van der Waals surface area (Å²) in [6.45, 7) is -0.190. The van der Waals surface area contributed by atoms with Crippen LogP contribution in [0.5, 0.6) is 0 Å². The van der Waals surface area contributed by atoms with Crippen LogP contribution in [0.3, 0.4) is 0 Å². The smallest absolute Gasteiger partial charge is 0.184 e. The van der Waals surface area contributed by atoms with Crippen molar-refractivity contribution in [1.82, 2.24) is 0 Å². The van der Waals surface area contributed by atoms with Gasteiger partial charge in [-0.3, -0.25) is 0 Å². The maximum atomic E-state index is 14.8. The van der Waals surface area contributed by atoms with Gasteiger partial charge >= 0.3 is 0 Å². The van der Waals surface area contributed by atoms with Gasteiger partial charge in [-0.15, -0.1) is 0 Å². The molecule has 1 heterocycles. The van der Waals surface area contributed by atoms with Crippen LogP contribution >= 0.6 is 0 Å². The number of rotatable bonds is 7. The van der Waals surface area contributed by atoms with Crippen LogP contribution in [0.25, 0.3) is 0 Å². The molecule has 3 rings (SSSR count). The average molecular weight is 362 g/mol. The molecule has 0 saturated carbocycles. The molecule has 0 amide bonds. The molecule has 1 aliphatic heterocycles. The molecule has 0 bridgehead atoms. The van der Waals surface area contributed by atoms with E-state index >= 15 is 0 Å². The molecule has 5 atom stereocenters. The van der Waals surface area contributed by atoms with Gasteiger partial charge in [-0.1, -0.05) is 60.7 Å². The molecule has 0 spiro atoms. The maximum absolute atomic E-state index is 14.8. The third-order valence-electron chi connectivity index (χ3n) is 4.34. The second kappa shape index (κ2) is 9.21. The first-order valence-electron chi connectivity index (χ1n) is 8.58. The Balaban J connectivity index is 1.69. The van der Waals surface area contributed by atoms with Crippen molar-refractivity contribution in [3.63, 3.8) is 0 Å². The number of aliphatic hydroxyl groups excluding tert-OH is 2. The van der Waals surface area contributed by atoms with Crippen molar-refractivity contribution < 1.29 is 28.8 Å². The summed E-state index contributed by atoms with van der Waals surface area (Å²) in [5, 5.41) is 19.5. The van der Waals surface area contributed by atoms with E-state index in [0.29, 0.717) is 0 Å². The van der Waals surface area contributed by atoms with Gasteiger partial charge in [0.05, 0.1) is 19.8 Å². The van der Waals surface area contributed by atoms with Crippen molar-refractivity contribution in [3.05, 3.63) is 71.8 Å². The first-order valence-corrected chi connectivity index (χ1v) is 8.58. The van der Waals surface area contributed by atoms with Gasteiger partial charge in [0.1, 0.15) is 18.3 Å². The number of halogens is 1. The highest BCUT2D eigenvalue weighted by Gasteiger charge is 2.47. The normalized spacial score (nSPS) is 28.8. The fourth-order valence-corrected chi connectivity index (χ4v) is 2.93. The van der Waals surface area contributed by atoms with Crippen molar-refractivity contribution >= 4 is 0 Å². The summed E-state index contributed by atoms with van der Waals surface area (Å²) in [6, 6.07) is 18.7. The summed E-state index contributed by atoms with van der Waals surface area (Å²) in [6.07, 6.45) is -6.21. The molecule has 5 nitrogen and oxygen atoms in total. The van der Waals surface area contributed by atoms with Crippen molar-refractivity contribution in [1.29, 1.82) is 0 Å². The Morgan fingerprint density at radius 2 is 1.35 bits per heavy atom. The Kier molecular flexibility index (Phi) is 6.71. The van der Waals surface area contributed by atoms with Gasteiger partial charge < -0.3 is 24.4 Å². The summed E-state index contributed by atoms with van der Waals surface area (Å²) >= 11 is 0. The highest BCUT2D eigenvalue weighted by atomic mass is 19.1. The fourth-order valence-electron chi connectivity index (χ4n) is 2.93. The minimum Gasteiger partial charge on any atom is -0.394 e. The van der Waals surface area contributed by atoms with Gasteiger partial charge in [-0.05, 0) is 11.1 Å². The first kappa shape index (κ1) is 18.9. The topological polar surface area (TPSA) is 68.2 Å². The van der Waals surface area contributed by atoms with Gasteiger partial charge in [0, 0.05) is 0 Å². The molecule has 6 heteroatoms. The predicted molar refractivity (Wildman–Crippen MR) is 92.9 cm³/mol. The predicted octanol–water partition coefficient (Wildman–Crippen LogP) is 2.20. The number of ether oxygens (including phenoxy) is 3. The second-order valence-corrected chi connectivity index (χ2v) is 6.21. The second-order valence-electron chi connectivity index (χ2n) is 6.21. The van der Waals surface area contributed by atoms with Crippen LogP contribution in [0, 0.1) is 0 Å². The first-order chi connectivity index (χ1) is 12.7. The third-order valence-corrected chi connectivity index (χ3v) is 4.34. The van der Waals surface area contributed by atoms with Crippen molar-refractivity contribution in [2.24, 2.45) is 0 Å². The number of aliphatic hydroxyl groups is 2. The molecule has 2 N–H and O–H groups in total. The molecular formula is C20H23FO5. The van der Waals surface area contributed by atoms with E-state index in [0.717, 1.165) is 11.1 Å². The Labute approximate surface area is 151 Å². The maximum Gasteiger partial charge on any atom is 0.184 e. The lowest BCUT2D eigenvalue weighted by Crippen LogP contribution is -2.58. The Morgan fingerprint density at radius 1 is 0.846 bits per heavy atom. The summed E-state index contributed by atoms with van der Waals surface area (Å²) in [7, 11) is 0. The van der Waals surface area contributed by atoms with Crippen LogP contribution < -0.4 is 0 Å². The Morgan fingerprint density at radius 3 is 1.85 bits per heavy atom. The van der Waals surface area contributed by atoms with Crippen LogP contribution in [0.1, 0.15) is 11.1 Å². The van der Waals surface area contributed by atoms with Gasteiger partial charge in [-0.2, -0.15) is 0 Å². The monoisotopic (exact) mass is 362 g/mol. The zero-order valence-corrected chi connectivity index (χ0v) is 14.3. The van der Waals surface area contributed by atoms with Crippen LogP contribution in [0.2, 0.25) is 0 Å². The van der Waals surface area contributed by atoms with Crippen LogP contribution in [-0.2, 0) is 27.4 Å². The number of alkyl halides is 1. The van der Waals surface area contributed by atoms with Crippen LogP contribution in [-0.4, -0.2) is 47.6 Å². The summed E-state index contributed by atoms with van der Waals surface area (Å²) in [5.41, 5.74) is 1.77. The van der Waals surface area contributed by atoms with E-state index in [1.54, 1.807) is 0 Å². The SMILES string of the molecule is OC[C@H]1O[C@@H](O)[C@H](OCc2ccccc2)[C@@H](OCc2ccccc2)[C@H]1F. The zero-order chi connectivity index (χ0) is 18.4. The third kappa shape index (κ3) is 4.66. The molecule has 0 aromatic heterocycles. The number of benzene rings is 2. The summed E-state index contributed by atoms with van der Waals surface area (Å²) in [5.74, 6) is 0. The molecule has 1 fully saturated rings. The highest BCUT2D eigenvalue weighted by molar-refractivity contribution is 5.14. The van der Waals surface area contributed by atoms with Gasteiger partial charge in [-0.25, -0.2) is 4.39 Å². The van der Waals surface area contributed by atoms with E-state index in [2.05, 4.69) is 0 Å². The minimum absolute atomic E-state index is 0.169. The average Bonchev–Trinajstić information content (AvgIpc) is 2.69. The van der Waals surface area contributed by atoms with Crippen molar-refractivity contribution in [3.8, 4) is 0 Å². The molecule has 0 radical (unpaired) electrons. The summed E-state index contributed by atoms with van der Waals surface area (Å²) < 4.78 is 31.4. The standard InChI is InChI=1S/C20H23FO5/c21-17-16(11-22)26-20(23)19(25-13-15-9-5-2-6-10-15)18(17)24-12-14-7-3-1-4-8-14/h1-10,16-20,22-23H,11-13H2/t16-,17+,18+,19-,20-/m1/s1.